The standard InChI is InChI=1S/C24H30Cl2N6OS.C20H22Cl2N6/c1-23(2,3)34(33)30-19-8-5-9-24(19)10-12-31(13-11-24)22-27-14-17(21-29-28-15-32(21)22)16-6-4-7-18(25)20(16)26;21-15-4-1-3-13(17(15)22)14-11-24-19(28-12-25-26-18(14)28)27-9-7-20(8-10-27)6-2-5-16(20)23/h4,6-7,14-15,19,30H,5,8-13H2,1-3H3;1,3-4,11-12,16H,2,5-10,23H2/t19-,34-;16-/m11/s1. The summed E-state index contributed by atoms with van der Waals surface area (Å²) >= 11 is 25.3. The minimum Gasteiger partial charge on any atom is -0.342 e. The number of hydrogen-bond acceptors (Lipinski definition) is 10. The van der Waals surface area contributed by atoms with Crippen LogP contribution in [0.25, 0.3) is 33.5 Å². The van der Waals surface area contributed by atoms with Gasteiger partial charge in [-0.25, -0.2) is 18.9 Å². The van der Waals surface area contributed by atoms with E-state index < -0.39 is 11.0 Å². The van der Waals surface area contributed by atoms with E-state index >= 15 is 0 Å². The van der Waals surface area contributed by atoms with Gasteiger partial charge in [0, 0.05) is 72.9 Å². The van der Waals surface area contributed by atoms with E-state index in [-0.39, 0.29) is 10.2 Å². The van der Waals surface area contributed by atoms with Gasteiger partial charge < -0.3 is 15.5 Å². The quantitative estimate of drug-likeness (QED) is 0.166. The highest BCUT2D eigenvalue weighted by atomic mass is 35.5. The van der Waals surface area contributed by atoms with Crippen molar-refractivity contribution in [2.24, 2.45) is 16.6 Å². The first kappa shape index (κ1) is 43.6. The molecule has 2 saturated carbocycles. The lowest BCUT2D eigenvalue weighted by Gasteiger charge is -2.44. The number of hydrogen-bond donors (Lipinski definition) is 2. The van der Waals surface area contributed by atoms with Crippen LogP contribution in [-0.4, -0.2) is 86.4 Å². The first-order valence-electron chi connectivity index (χ1n) is 21.5. The summed E-state index contributed by atoms with van der Waals surface area (Å²) in [5, 5.41) is 19.0. The number of aromatic nitrogens is 8. The van der Waals surface area contributed by atoms with Crippen molar-refractivity contribution < 1.29 is 4.21 Å². The molecule has 2 spiro atoms. The Morgan fingerprint density at radius 2 is 1.15 bits per heavy atom. The maximum Gasteiger partial charge on any atom is 0.212 e. The van der Waals surface area contributed by atoms with Crippen molar-refractivity contribution in [2.75, 3.05) is 36.0 Å². The minimum absolute atomic E-state index is 0.192. The average molecular weight is 939 g/mol. The van der Waals surface area contributed by atoms with Gasteiger partial charge in [0.1, 0.15) is 12.7 Å². The molecule has 0 unspecified atom stereocenters. The van der Waals surface area contributed by atoms with Gasteiger partial charge in [-0.3, -0.25) is 8.80 Å². The van der Waals surface area contributed by atoms with Gasteiger partial charge in [-0.05, 0) is 95.1 Å². The molecule has 2 saturated heterocycles. The normalized spacial score (nSPS) is 21.5. The zero-order valence-corrected chi connectivity index (χ0v) is 39.0. The van der Waals surface area contributed by atoms with Crippen LogP contribution in [0.5, 0.6) is 0 Å². The Labute approximate surface area is 384 Å². The molecule has 2 aliphatic carbocycles. The summed E-state index contributed by atoms with van der Waals surface area (Å²) < 4.78 is 19.9. The number of fused-ring (bicyclic) bond motifs is 2. The Hall–Kier alpha value is -3.63. The molecule has 62 heavy (non-hydrogen) atoms. The predicted octanol–water partition coefficient (Wildman–Crippen LogP) is 9.48. The van der Waals surface area contributed by atoms with E-state index in [1.807, 2.05) is 66.2 Å². The van der Waals surface area contributed by atoms with Crippen LogP contribution >= 0.6 is 46.4 Å². The lowest BCUT2D eigenvalue weighted by atomic mass is 9.74. The van der Waals surface area contributed by atoms with Gasteiger partial charge in [-0.15, -0.1) is 20.4 Å². The van der Waals surface area contributed by atoms with Gasteiger partial charge in [0.15, 0.2) is 11.3 Å². The van der Waals surface area contributed by atoms with Crippen molar-refractivity contribution in [1.29, 1.82) is 0 Å². The van der Waals surface area contributed by atoms with Gasteiger partial charge in [-0.2, -0.15) is 0 Å². The molecule has 3 N–H and O–H groups in total. The number of benzene rings is 2. The fourth-order valence-corrected chi connectivity index (χ4v) is 12.0. The summed E-state index contributed by atoms with van der Waals surface area (Å²) in [7, 11) is -1.05. The van der Waals surface area contributed by atoms with E-state index in [1.165, 1.54) is 25.7 Å². The van der Waals surface area contributed by atoms with Crippen LogP contribution < -0.4 is 20.3 Å². The van der Waals surface area contributed by atoms with E-state index in [0.29, 0.717) is 43.2 Å². The third-order valence-corrected chi connectivity index (χ3v) is 17.1. The van der Waals surface area contributed by atoms with Crippen molar-refractivity contribution >= 4 is 80.6 Å². The molecule has 3 atom stereocenters. The van der Waals surface area contributed by atoms with Gasteiger partial charge in [0.05, 0.1) is 35.8 Å². The molecule has 10 rings (SSSR count). The number of piperidine rings is 2. The maximum absolute atomic E-state index is 12.8. The maximum atomic E-state index is 12.8. The minimum atomic E-state index is -1.05. The van der Waals surface area contributed by atoms with Crippen molar-refractivity contribution in [2.45, 2.75) is 102 Å². The topological polar surface area (TPSA) is 148 Å². The van der Waals surface area contributed by atoms with Crippen LogP contribution in [0.4, 0.5) is 11.9 Å². The molecular weight excluding hydrogens is 886 g/mol. The highest BCUT2D eigenvalue weighted by Gasteiger charge is 2.47. The summed E-state index contributed by atoms with van der Waals surface area (Å²) in [6.07, 6.45) is 18.5. The Bertz CT molecular complexity index is 2610. The van der Waals surface area contributed by atoms with E-state index in [1.54, 1.807) is 24.8 Å². The van der Waals surface area contributed by atoms with Crippen LogP contribution in [0.15, 0.2) is 61.4 Å². The number of anilines is 2. The SMILES string of the molecule is CC(C)(C)[S@@](=O)N[C@@H]1CCCC12CCN(c1ncc(-c3cccc(Cl)c3Cl)c3nncn13)CC2.N[C@@H]1CCCC12CCN(c1ncc(-c3cccc(Cl)c3Cl)c3nncn13)CC2. The molecular formula is C44H52Cl4N12OS. The van der Waals surface area contributed by atoms with Gasteiger partial charge in [-0.1, -0.05) is 83.5 Å². The first-order chi connectivity index (χ1) is 29.8. The largest absolute Gasteiger partial charge is 0.342 e. The first-order valence-corrected chi connectivity index (χ1v) is 24.1. The van der Waals surface area contributed by atoms with E-state index in [0.717, 1.165) is 105 Å². The predicted molar refractivity (Wildman–Crippen MR) is 251 cm³/mol. The number of nitrogens with one attached hydrogen (secondary N) is 1. The fourth-order valence-electron chi connectivity index (χ4n) is 10.2. The highest BCUT2D eigenvalue weighted by Crippen LogP contribution is 2.48. The molecule has 4 fully saturated rings. The number of rotatable bonds is 6. The van der Waals surface area contributed by atoms with Crippen molar-refractivity contribution in [1.82, 2.24) is 43.9 Å². The molecule has 13 nitrogen and oxygen atoms in total. The van der Waals surface area contributed by atoms with Crippen LogP contribution in [0.2, 0.25) is 20.1 Å². The van der Waals surface area contributed by atoms with Crippen molar-refractivity contribution in [3.63, 3.8) is 0 Å². The summed E-state index contributed by atoms with van der Waals surface area (Å²) in [4.78, 5) is 14.2. The molecule has 2 aromatic carbocycles. The van der Waals surface area contributed by atoms with E-state index in [9.17, 15) is 4.21 Å². The van der Waals surface area contributed by atoms with Crippen LogP contribution in [0, 0.1) is 10.8 Å². The lowest BCUT2D eigenvalue weighted by Crippen LogP contribution is -2.51. The lowest BCUT2D eigenvalue weighted by molar-refractivity contribution is 0.187. The smallest absolute Gasteiger partial charge is 0.212 e. The summed E-state index contributed by atoms with van der Waals surface area (Å²) in [5.74, 6) is 1.70. The summed E-state index contributed by atoms with van der Waals surface area (Å²) in [6, 6.07) is 11.8. The molecule has 6 aromatic rings. The Kier molecular flexibility index (Phi) is 12.2. The Morgan fingerprint density at radius 1 is 0.677 bits per heavy atom. The van der Waals surface area contributed by atoms with Crippen molar-refractivity contribution in [3.05, 3.63) is 81.5 Å². The average Bonchev–Trinajstić information content (AvgIpc) is 4.09. The molecule has 0 bridgehead atoms. The molecule has 2 aliphatic heterocycles. The van der Waals surface area contributed by atoms with Crippen molar-refractivity contribution in [3.8, 4) is 22.3 Å². The third kappa shape index (κ3) is 8.07. The molecule has 6 heterocycles. The molecule has 328 valence electrons. The second kappa shape index (κ2) is 17.4. The molecule has 0 radical (unpaired) electrons. The second-order valence-electron chi connectivity index (χ2n) is 18.3. The summed E-state index contributed by atoms with van der Waals surface area (Å²) in [6.45, 7) is 9.75. The Balaban J connectivity index is 0.000000161. The van der Waals surface area contributed by atoms with E-state index in [2.05, 4.69) is 34.9 Å². The molecule has 4 aromatic heterocycles. The van der Waals surface area contributed by atoms with Gasteiger partial charge in [0.2, 0.25) is 11.9 Å². The number of halogens is 4. The monoisotopic (exact) mass is 936 g/mol. The van der Waals surface area contributed by atoms with Gasteiger partial charge >= 0.3 is 0 Å². The second-order valence-corrected chi connectivity index (χ2v) is 21.9. The zero-order valence-electron chi connectivity index (χ0n) is 35.2. The van der Waals surface area contributed by atoms with Crippen LogP contribution in [-0.2, 0) is 11.0 Å². The zero-order chi connectivity index (χ0) is 43.4. The molecule has 4 aliphatic rings. The van der Waals surface area contributed by atoms with Crippen LogP contribution in [0.3, 0.4) is 0 Å². The molecule has 0 amide bonds. The van der Waals surface area contributed by atoms with Crippen LogP contribution in [0.1, 0.15) is 85.0 Å². The van der Waals surface area contributed by atoms with Gasteiger partial charge in [0.25, 0.3) is 0 Å². The number of nitrogens with two attached hydrogens (primary N) is 1. The molecule has 18 heteroatoms. The summed E-state index contributed by atoms with van der Waals surface area (Å²) in [5.41, 5.74) is 11.6. The Morgan fingerprint density at radius 3 is 1.61 bits per heavy atom. The highest BCUT2D eigenvalue weighted by molar-refractivity contribution is 7.84. The fraction of sp³-hybridized carbons (Fsp3) is 0.500. The number of nitrogens with zero attached hydrogens (tertiary/aromatic N) is 10. The van der Waals surface area contributed by atoms with E-state index in [4.69, 9.17) is 62.1 Å². The third-order valence-electron chi connectivity index (χ3n) is 13.9.